The van der Waals surface area contributed by atoms with Crippen molar-refractivity contribution >= 4 is 23.3 Å². The summed E-state index contributed by atoms with van der Waals surface area (Å²) in [5.74, 6) is -0.578. The number of ether oxygens (including phenoxy) is 1. The number of non-ortho nitro benzene ring substituents is 1. The number of rotatable bonds is 3. The highest BCUT2D eigenvalue weighted by atomic mass is 35.5. The molecular formula is C14H16ClNO4. The number of nitro groups is 1. The average molecular weight is 298 g/mol. The van der Waals surface area contributed by atoms with E-state index in [9.17, 15) is 14.9 Å². The molecule has 1 aliphatic rings. The molecule has 20 heavy (non-hydrogen) atoms. The normalized spacial score (nSPS) is 16.4. The van der Waals surface area contributed by atoms with E-state index in [-0.39, 0.29) is 22.4 Å². The number of carbonyl (C=O) groups excluding carboxylic acids is 1. The van der Waals surface area contributed by atoms with E-state index in [1.165, 1.54) is 18.2 Å². The molecule has 0 atom stereocenters. The van der Waals surface area contributed by atoms with Gasteiger partial charge in [-0.3, -0.25) is 10.1 Å². The first-order valence-corrected chi connectivity index (χ1v) is 7.10. The quantitative estimate of drug-likeness (QED) is 0.364. The van der Waals surface area contributed by atoms with Crippen LogP contribution in [0.4, 0.5) is 5.69 Å². The fourth-order valence-electron chi connectivity index (χ4n) is 2.36. The zero-order valence-corrected chi connectivity index (χ0v) is 11.8. The van der Waals surface area contributed by atoms with Crippen LogP contribution < -0.4 is 0 Å². The Hall–Kier alpha value is -1.62. The van der Waals surface area contributed by atoms with Crippen molar-refractivity contribution in [3.8, 4) is 0 Å². The molecule has 1 saturated carbocycles. The number of esters is 1. The lowest BCUT2D eigenvalue weighted by Gasteiger charge is -2.15. The molecular weight excluding hydrogens is 282 g/mol. The van der Waals surface area contributed by atoms with Crippen molar-refractivity contribution < 1.29 is 14.5 Å². The summed E-state index contributed by atoms with van der Waals surface area (Å²) in [6.45, 7) is 0. The lowest BCUT2D eigenvalue weighted by molar-refractivity contribution is -0.384. The maximum Gasteiger partial charge on any atom is 0.340 e. The van der Waals surface area contributed by atoms with E-state index in [1.807, 2.05) is 0 Å². The van der Waals surface area contributed by atoms with E-state index >= 15 is 0 Å². The molecule has 0 saturated heterocycles. The smallest absolute Gasteiger partial charge is 0.340 e. The first-order chi connectivity index (χ1) is 9.58. The summed E-state index contributed by atoms with van der Waals surface area (Å²) >= 11 is 5.92. The molecule has 1 aliphatic carbocycles. The molecule has 2 rings (SSSR count). The number of hydrogen-bond donors (Lipinski definition) is 0. The molecule has 5 nitrogen and oxygen atoms in total. The molecule has 6 heteroatoms. The van der Waals surface area contributed by atoms with Crippen molar-refractivity contribution in [3.63, 3.8) is 0 Å². The largest absolute Gasteiger partial charge is 0.459 e. The minimum Gasteiger partial charge on any atom is -0.459 e. The van der Waals surface area contributed by atoms with Crippen molar-refractivity contribution in [2.75, 3.05) is 0 Å². The molecule has 0 aliphatic heterocycles. The van der Waals surface area contributed by atoms with Crippen molar-refractivity contribution in [2.24, 2.45) is 0 Å². The van der Waals surface area contributed by atoms with Gasteiger partial charge in [0.05, 0.1) is 15.5 Å². The number of benzene rings is 1. The summed E-state index contributed by atoms with van der Waals surface area (Å²) in [7, 11) is 0. The van der Waals surface area contributed by atoms with Gasteiger partial charge in [-0.25, -0.2) is 4.79 Å². The van der Waals surface area contributed by atoms with Crippen LogP contribution in [0.5, 0.6) is 0 Å². The number of halogens is 1. The highest BCUT2D eigenvalue weighted by Gasteiger charge is 2.21. The van der Waals surface area contributed by atoms with Crippen LogP contribution in [0, 0.1) is 10.1 Å². The molecule has 0 unspecified atom stereocenters. The van der Waals surface area contributed by atoms with Crippen LogP contribution in [0.2, 0.25) is 5.02 Å². The van der Waals surface area contributed by atoms with Gasteiger partial charge < -0.3 is 4.74 Å². The molecule has 0 aromatic heterocycles. The van der Waals surface area contributed by atoms with E-state index < -0.39 is 10.9 Å². The fourth-order valence-corrected chi connectivity index (χ4v) is 2.55. The van der Waals surface area contributed by atoms with Crippen LogP contribution in [-0.2, 0) is 4.74 Å². The number of nitrogens with zero attached hydrogens (tertiary/aromatic N) is 1. The second kappa shape index (κ2) is 6.70. The summed E-state index contributed by atoms with van der Waals surface area (Å²) in [5.41, 5.74) is -0.104. The predicted octanol–water partition coefficient (Wildman–Crippen LogP) is 4.13. The number of carbonyl (C=O) groups is 1. The highest BCUT2D eigenvalue weighted by Crippen LogP contribution is 2.25. The molecule has 0 radical (unpaired) electrons. The Morgan fingerprint density at radius 3 is 2.50 bits per heavy atom. The average Bonchev–Trinajstić information content (AvgIpc) is 2.67. The zero-order valence-electron chi connectivity index (χ0n) is 11.0. The SMILES string of the molecule is O=C(OC1CCCCCC1)c1cc([N+](=O)[O-])ccc1Cl. The minimum atomic E-state index is -0.578. The third-order valence-electron chi connectivity index (χ3n) is 3.46. The van der Waals surface area contributed by atoms with Crippen molar-refractivity contribution in [1.82, 2.24) is 0 Å². The molecule has 0 N–H and O–H groups in total. The number of hydrogen-bond acceptors (Lipinski definition) is 4. The van der Waals surface area contributed by atoms with Gasteiger partial charge >= 0.3 is 5.97 Å². The van der Waals surface area contributed by atoms with E-state index in [2.05, 4.69) is 0 Å². The Morgan fingerprint density at radius 2 is 1.90 bits per heavy atom. The Kier molecular flexibility index (Phi) is 4.95. The summed E-state index contributed by atoms with van der Waals surface area (Å²) in [4.78, 5) is 22.3. The molecule has 108 valence electrons. The Morgan fingerprint density at radius 1 is 1.25 bits per heavy atom. The first kappa shape index (κ1) is 14.8. The van der Waals surface area contributed by atoms with Gasteiger partial charge in [0.2, 0.25) is 0 Å². The summed E-state index contributed by atoms with van der Waals surface area (Å²) < 4.78 is 5.43. The molecule has 0 spiro atoms. The van der Waals surface area contributed by atoms with Gasteiger partial charge in [-0.15, -0.1) is 0 Å². The van der Waals surface area contributed by atoms with Gasteiger partial charge in [-0.2, -0.15) is 0 Å². The topological polar surface area (TPSA) is 69.4 Å². The summed E-state index contributed by atoms with van der Waals surface area (Å²) in [6.07, 6.45) is 5.98. The van der Waals surface area contributed by atoms with Crippen LogP contribution in [0.25, 0.3) is 0 Å². The maximum absolute atomic E-state index is 12.1. The minimum absolute atomic E-state index is 0.0603. The van der Waals surface area contributed by atoms with E-state index in [0.717, 1.165) is 38.5 Å². The van der Waals surface area contributed by atoms with E-state index in [4.69, 9.17) is 16.3 Å². The lowest BCUT2D eigenvalue weighted by Crippen LogP contribution is -2.18. The molecule has 0 heterocycles. The molecule has 0 bridgehead atoms. The van der Waals surface area contributed by atoms with Crippen molar-refractivity contribution in [1.29, 1.82) is 0 Å². The third kappa shape index (κ3) is 3.70. The van der Waals surface area contributed by atoms with Crippen LogP contribution in [0.15, 0.2) is 18.2 Å². The lowest BCUT2D eigenvalue weighted by atomic mass is 10.1. The second-order valence-electron chi connectivity index (χ2n) is 4.94. The van der Waals surface area contributed by atoms with Gasteiger partial charge in [0, 0.05) is 12.1 Å². The van der Waals surface area contributed by atoms with E-state index in [1.54, 1.807) is 0 Å². The third-order valence-corrected chi connectivity index (χ3v) is 3.79. The molecule has 1 fully saturated rings. The van der Waals surface area contributed by atoms with E-state index in [0.29, 0.717) is 0 Å². The van der Waals surface area contributed by atoms with Gasteiger partial charge in [-0.05, 0) is 31.7 Å². The van der Waals surface area contributed by atoms with Crippen molar-refractivity contribution in [3.05, 3.63) is 38.9 Å². The van der Waals surface area contributed by atoms with Crippen LogP contribution in [0.1, 0.15) is 48.9 Å². The Bertz CT molecular complexity index is 510. The standard InChI is InChI=1S/C14H16ClNO4/c15-13-8-7-10(16(18)19)9-12(13)14(17)20-11-5-3-1-2-4-6-11/h7-9,11H,1-6H2. The Labute approximate surface area is 122 Å². The van der Waals surface area contributed by atoms with Gasteiger partial charge in [0.1, 0.15) is 6.10 Å². The van der Waals surface area contributed by atoms with Gasteiger partial charge in [-0.1, -0.05) is 24.4 Å². The van der Waals surface area contributed by atoms with Crippen LogP contribution in [-0.4, -0.2) is 17.0 Å². The second-order valence-corrected chi connectivity index (χ2v) is 5.35. The molecule has 1 aromatic carbocycles. The first-order valence-electron chi connectivity index (χ1n) is 6.73. The highest BCUT2D eigenvalue weighted by molar-refractivity contribution is 6.33. The summed E-state index contributed by atoms with van der Waals surface area (Å²) in [5, 5.41) is 10.9. The number of nitro benzene ring substituents is 1. The van der Waals surface area contributed by atoms with Gasteiger partial charge in [0.25, 0.3) is 5.69 Å². The van der Waals surface area contributed by atoms with Gasteiger partial charge in [0.15, 0.2) is 0 Å². The zero-order chi connectivity index (χ0) is 14.5. The van der Waals surface area contributed by atoms with Crippen LogP contribution >= 0.6 is 11.6 Å². The monoisotopic (exact) mass is 297 g/mol. The summed E-state index contributed by atoms with van der Waals surface area (Å²) in [6, 6.07) is 3.79. The molecule has 1 aromatic rings. The van der Waals surface area contributed by atoms with Crippen LogP contribution in [0.3, 0.4) is 0 Å². The fraction of sp³-hybridized carbons (Fsp3) is 0.500. The van der Waals surface area contributed by atoms with Crippen molar-refractivity contribution in [2.45, 2.75) is 44.6 Å². The predicted molar refractivity (Wildman–Crippen MR) is 75.0 cm³/mol. The maximum atomic E-state index is 12.1. The Balaban J connectivity index is 2.11. The molecule has 0 amide bonds.